The lowest BCUT2D eigenvalue weighted by molar-refractivity contribution is 0.802. The lowest BCUT2D eigenvalue weighted by Crippen LogP contribution is -2.06. The van der Waals surface area contributed by atoms with Crippen molar-refractivity contribution in [2.75, 3.05) is 7.05 Å². The predicted octanol–water partition coefficient (Wildman–Crippen LogP) is 4.26. The molecule has 0 saturated carbocycles. The largest absolute Gasteiger partial charge is 0.316 e. The normalized spacial score (nSPS) is 11.0. The Morgan fingerprint density at radius 1 is 1.14 bits per heavy atom. The van der Waals surface area contributed by atoms with Crippen LogP contribution >= 0.6 is 27.7 Å². The Morgan fingerprint density at radius 3 is 2.86 bits per heavy atom. The first-order valence-electron chi connectivity index (χ1n) is 6.58. The molecule has 1 aromatic heterocycles. The zero-order valence-electron chi connectivity index (χ0n) is 11.5. The van der Waals surface area contributed by atoms with Crippen LogP contribution in [0.5, 0.6) is 0 Å². The van der Waals surface area contributed by atoms with Crippen LogP contribution in [0.15, 0.2) is 63.2 Å². The summed E-state index contributed by atoms with van der Waals surface area (Å²) >= 11 is 5.22. The van der Waals surface area contributed by atoms with Gasteiger partial charge in [0.05, 0.1) is 5.52 Å². The SMILES string of the molecule is CNCc1ccc(Br)cc1Sc1ncnc2ccccc12. The van der Waals surface area contributed by atoms with E-state index < -0.39 is 0 Å². The second kappa shape index (κ2) is 6.56. The number of para-hydroxylation sites is 1. The molecule has 3 nitrogen and oxygen atoms in total. The number of nitrogens with zero attached hydrogens (tertiary/aromatic N) is 2. The standard InChI is InChI=1S/C16H14BrN3S/c1-18-9-11-6-7-12(17)8-15(11)21-16-13-4-2-3-5-14(13)19-10-20-16/h2-8,10,18H,9H2,1H3. The molecule has 0 spiro atoms. The average molecular weight is 360 g/mol. The van der Waals surface area contributed by atoms with Crippen molar-refractivity contribution in [1.82, 2.24) is 15.3 Å². The molecule has 2 aromatic carbocycles. The highest BCUT2D eigenvalue weighted by atomic mass is 79.9. The lowest BCUT2D eigenvalue weighted by atomic mass is 10.2. The minimum Gasteiger partial charge on any atom is -0.316 e. The number of aromatic nitrogens is 2. The fourth-order valence-corrected chi connectivity index (χ4v) is 3.69. The van der Waals surface area contributed by atoms with Crippen LogP contribution in [-0.4, -0.2) is 17.0 Å². The van der Waals surface area contributed by atoms with Crippen molar-refractivity contribution in [3.05, 3.63) is 58.8 Å². The van der Waals surface area contributed by atoms with Crippen LogP contribution < -0.4 is 5.32 Å². The van der Waals surface area contributed by atoms with E-state index in [4.69, 9.17) is 0 Å². The molecule has 1 heterocycles. The molecule has 0 aliphatic carbocycles. The van der Waals surface area contributed by atoms with E-state index in [0.717, 1.165) is 26.9 Å². The van der Waals surface area contributed by atoms with Crippen LogP contribution in [0.4, 0.5) is 0 Å². The molecule has 0 radical (unpaired) electrons. The molecule has 0 saturated heterocycles. The Labute approximate surface area is 136 Å². The van der Waals surface area contributed by atoms with Gasteiger partial charge in [-0.1, -0.05) is 52.0 Å². The third-order valence-electron chi connectivity index (χ3n) is 3.11. The number of hydrogen-bond acceptors (Lipinski definition) is 4. The minimum atomic E-state index is 0.832. The molecule has 0 fully saturated rings. The topological polar surface area (TPSA) is 37.8 Å². The summed E-state index contributed by atoms with van der Waals surface area (Å²) in [7, 11) is 1.95. The van der Waals surface area contributed by atoms with Crippen LogP contribution in [0.3, 0.4) is 0 Å². The first kappa shape index (κ1) is 14.5. The number of hydrogen-bond donors (Lipinski definition) is 1. The van der Waals surface area contributed by atoms with Crippen LogP contribution in [-0.2, 0) is 6.54 Å². The first-order chi connectivity index (χ1) is 10.3. The number of halogens is 1. The van der Waals surface area contributed by atoms with Crippen molar-refractivity contribution in [3.63, 3.8) is 0 Å². The molecular weight excluding hydrogens is 346 g/mol. The van der Waals surface area contributed by atoms with Crippen LogP contribution in [0.1, 0.15) is 5.56 Å². The van der Waals surface area contributed by atoms with Crippen LogP contribution in [0, 0.1) is 0 Å². The lowest BCUT2D eigenvalue weighted by Gasteiger charge is -2.10. The molecular formula is C16H14BrN3S. The first-order valence-corrected chi connectivity index (χ1v) is 8.19. The van der Waals surface area contributed by atoms with Crippen molar-refractivity contribution in [2.24, 2.45) is 0 Å². The van der Waals surface area contributed by atoms with Crippen molar-refractivity contribution < 1.29 is 0 Å². The minimum absolute atomic E-state index is 0.832. The summed E-state index contributed by atoms with van der Waals surface area (Å²) in [5.74, 6) is 0. The smallest absolute Gasteiger partial charge is 0.117 e. The van der Waals surface area contributed by atoms with Gasteiger partial charge in [0.15, 0.2) is 0 Å². The maximum absolute atomic E-state index is 4.45. The van der Waals surface area contributed by atoms with E-state index in [2.05, 4.69) is 55.5 Å². The highest BCUT2D eigenvalue weighted by molar-refractivity contribution is 9.10. The maximum atomic E-state index is 4.45. The van der Waals surface area contributed by atoms with Crippen LogP contribution in [0.2, 0.25) is 0 Å². The Balaban J connectivity index is 2.04. The highest BCUT2D eigenvalue weighted by Gasteiger charge is 2.09. The zero-order chi connectivity index (χ0) is 14.7. The number of rotatable bonds is 4. The maximum Gasteiger partial charge on any atom is 0.117 e. The van der Waals surface area contributed by atoms with Gasteiger partial charge in [-0.05, 0) is 30.8 Å². The van der Waals surface area contributed by atoms with E-state index in [1.165, 1.54) is 10.5 Å². The van der Waals surface area contributed by atoms with Crippen molar-refractivity contribution in [1.29, 1.82) is 0 Å². The Bertz CT molecular complexity index is 771. The predicted molar refractivity (Wildman–Crippen MR) is 90.6 cm³/mol. The summed E-state index contributed by atoms with van der Waals surface area (Å²) in [6.07, 6.45) is 1.63. The van der Waals surface area contributed by atoms with E-state index in [1.807, 2.05) is 25.2 Å². The second-order valence-electron chi connectivity index (χ2n) is 4.58. The van der Waals surface area contributed by atoms with Gasteiger partial charge in [-0.25, -0.2) is 9.97 Å². The quantitative estimate of drug-likeness (QED) is 0.706. The highest BCUT2D eigenvalue weighted by Crippen LogP contribution is 2.34. The third kappa shape index (κ3) is 3.26. The Morgan fingerprint density at radius 2 is 2.00 bits per heavy atom. The van der Waals surface area contributed by atoms with Crippen molar-refractivity contribution >= 4 is 38.6 Å². The molecule has 0 aliphatic rings. The molecule has 5 heteroatoms. The van der Waals surface area contributed by atoms with Gasteiger partial charge in [0.2, 0.25) is 0 Å². The van der Waals surface area contributed by atoms with Gasteiger partial charge in [-0.2, -0.15) is 0 Å². The molecule has 21 heavy (non-hydrogen) atoms. The van der Waals surface area contributed by atoms with Gasteiger partial charge in [0.1, 0.15) is 11.4 Å². The van der Waals surface area contributed by atoms with E-state index in [-0.39, 0.29) is 0 Å². The summed E-state index contributed by atoms with van der Waals surface area (Å²) < 4.78 is 1.07. The molecule has 3 rings (SSSR count). The van der Waals surface area contributed by atoms with E-state index in [0.29, 0.717) is 0 Å². The Kier molecular flexibility index (Phi) is 4.53. The van der Waals surface area contributed by atoms with Crippen molar-refractivity contribution in [2.45, 2.75) is 16.5 Å². The van der Waals surface area contributed by atoms with E-state index >= 15 is 0 Å². The van der Waals surface area contributed by atoms with Gasteiger partial charge >= 0.3 is 0 Å². The summed E-state index contributed by atoms with van der Waals surface area (Å²) in [6.45, 7) is 0.832. The molecule has 3 aromatic rings. The van der Waals surface area contributed by atoms with Crippen LogP contribution in [0.25, 0.3) is 10.9 Å². The molecule has 0 atom stereocenters. The summed E-state index contributed by atoms with van der Waals surface area (Å²) in [5, 5.41) is 5.27. The zero-order valence-corrected chi connectivity index (χ0v) is 13.9. The number of fused-ring (bicyclic) bond motifs is 1. The summed E-state index contributed by atoms with van der Waals surface area (Å²) in [6, 6.07) is 14.4. The van der Waals surface area contributed by atoms with E-state index in [9.17, 15) is 0 Å². The third-order valence-corrected chi connectivity index (χ3v) is 4.72. The molecule has 1 N–H and O–H groups in total. The molecule has 0 amide bonds. The second-order valence-corrected chi connectivity index (χ2v) is 6.53. The number of benzene rings is 2. The summed E-state index contributed by atoms with van der Waals surface area (Å²) in [5.41, 5.74) is 2.23. The van der Waals surface area contributed by atoms with Gasteiger partial charge in [0, 0.05) is 21.3 Å². The van der Waals surface area contributed by atoms with E-state index in [1.54, 1.807) is 18.1 Å². The number of nitrogens with one attached hydrogen (secondary N) is 1. The molecule has 106 valence electrons. The average Bonchev–Trinajstić information content (AvgIpc) is 2.50. The van der Waals surface area contributed by atoms with Gasteiger partial charge in [-0.3, -0.25) is 0 Å². The molecule has 0 bridgehead atoms. The van der Waals surface area contributed by atoms with Gasteiger partial charge in [-0.15, -0.1) is 0 Å². The van der Waals surface area contributed by atoms with Gasteiger partial charge in [0.25, 0.3) is 0 Å². The monoisotopic (exact) mass is 359 g/mol. The molecule has 0 unspecified atom stereocenters. The van der Waals surface area contributed by atoms with Crippen molar-refractivity contribution in [3.8, 4) is 0 Å². The fraction of sp³-hybridized carbons (Fsp3) is 0.125. The molecule has 0 aliphatic heterocycles. The van der Waals surface area contributed by atoms with Gasteiger partial charge < -0.3 is 5.32 Å². The summed E-state index contributed by atoms with van der Waals surface area (Å²) in [4.78, 5) is 9.96. The Hall–Kier alpha value is -1.43. The fourth-order valence-electron chi connectivity index (χ4n) is 2.13.